The molecule has 1 saturated heterocycles. The number of fused-ring (bicyclic) bond motifs is 1. The highest BCUT2D eigenvalue weighted by atomic mass is 16.5. The van der Waals surface area contributed by atoms with Gasteiger partial charge >= 0.3 is 17.9 Å². The number of hydrogen-bond acceptors (Lipinski definition) is 18. The summed E-state index contributed by atoms with van der Waals surface area (Å²) >= 11 is 0. The first-order chi connectivity index (χ1) is 45.6. The van der Waals surface area contributed by atoms with Crippen molar-refractivity contribution < 1.29 is 86.9 Å². The monoisotopic (exact) mass is 1350 g/mol. The van der Waals surface area contributed by atoms with Crippen LogP contribution < -0.4 is 75.7 Å². The molecule has 1 aliphatic heterocycles. The molecule has 2 heterocycles. The molecule has 96 heavy (non-hydrogen) atoms. The van der Waals surface area contributed by atoms with Crippen molar-refractivity contribution in [2.75, 3.05) is 26.2 Å². The van der Waals surface area contributed by atoms with Gasteiger partial charge in [0, 0.05) is 36.4 Å². The lowest BCUT2D eigenvalue weighted by molar-refractivity contribution is -0.156. The molecule has 0 spiro atoms. The smallest absolute Gasteiger partial charge is 0.329 e. The van der Waals surface area contributed by atoms with E-state index in [1.165, 1.54) is 6.92 Å². The Bertz CT molecular complexity index is 3240. The van der Waals surface area contributed by atoms with Crippen molar-refractivity contribution in [3.8, 4) is 0 Å². The van der Waals surface area contributed by atoms with E-state index in [-0.39, 0.29) is 51.6 Å². The standard InChI is InChI=1S/C63H91N15O18/c1-6-33(3)15-11-14-20-48(80)77-54-35(5)96-63(95)46(25-36-16-9-8-10-17-36)76-58(90)41(22-24-65)72-61(93)53(34(4)7-2)78-60(92)42(26-37-30-67-39-19-13-12-18-38(37)39)70-49(81)31-68-56(88)45(29-52(85)86)75-59(91)43(27-47(66)79)71-50(82)32-69-55(87)44(28-51(83)84)74-57(89)40(21-23-64)73-62(54)94/h8-10,12-13,16-19,30,33-35,40-46,53-54,67H,6-7,11,14-15,20-29,31-32,64-65H2,1-5H3,(H2,66,79)(H,68,88)(H,69,87)(H,70,81)(H,71,82)(H,72,93)(H,73,94)(H,74,89)(H,75,91)(H,76,90)(H,77,80)(H,78,92)(H,83,84)(H,85,86)/t33?,34-,35+,40+,41-,42-,43+,44-,45+,46-,53-,54-/m0/s1. The van der Waals surface area contributed by atoms with Gasteiger partial charge in [0.25, 0.3) is 0 Å². The Balaban J connectivity index is 1.84. The average Bonchev–Trinajstić information content (AvgIpc) is 1.38. The summed E-state index contributed by atoms with van der Waals surface area (Å²) in [5.74, 6) is -18.1. The maximum Gasteiger partial charge on any atom is 0.329 e. The van der Waals surface area contributed by atoms with Crippen molar-refractivity contribution in [3.63, 3.8) is 0 Å². The fourth-order valence-electron chi connectivity index (χ4n) is 10.1. The van der Waals surface area contributed by atoms with Gasteiger partial charge in [-0.15, -0.1) is 0 Å². The summed E-state index contributed by atoms with van der Waals surface area (Å²) in [5, 5.41) is 46.4. The molecular weight excluding hydrogens is 1250 g/mol. The molecule has 0 saturated carbocycles. The van der Waals surface area contributed by atoms with Crippen LogP contribution in [0.3, 0.4) is 0 Å². The van der Waals surface area contributed by atoms with Gasteiger partial charge in [0.2, 0.25) is 70.9 Å². The van der Waals surface area contributed by atoms with E-state index in [4.69, 9.17) is 21.9 Å². The predicted octanol–water partition coefficient (Wildman–Crippen LogP) is -3.33. The summed E-state index contributed by atoms with van der Waals surface area (Å²) in [5.41, 5.74) is 18.9. The number of hydrogen-bond donors (Lipinski definition) is 17. The van der Waals surface area contributed by atoms with Gasteiger partial charge in [0.15, 0.2) is 0 Å². The number of para-hydroxylation sites is 1. The first-order valence-electron chi connectivity index (χ1n) is 31.7. The van der Waals surface area contributed by atoms with Gasteiger partial charge in [-0.25, -0.2) is 4.79 Å². The fraction of sp³-hybridized carbons (Fsp3) is 0.540. The molecule has 526 valence electrons. The number of H-pyrrole nitrogens is 1. The minimum absolute atomic E-state index is 0.104. The number of ether oxygens (including phenoxy) is 1. The van der Waals surface area contributed by atoms with E-state index in [2.05, 4.69) is 63.5 Å². The molecule has 1 fully saturated rings. The Hall–Kier alpha value is -10.1. The Kier molecular flexibility index (Phi) is 32.3. The maximum atomic E-state index is 14.6. The van der Waals surface area contributed by atoms with Crippen LogP contribution >= 0.6 is 0 Å². The first-order valence-corrected chi connectivity index (χ1v) is 31.7. The third-order valence-corrected chi connectivity index (χ3v) is 15.9. The SMILES string of the molecule is CCC(C)CCCCC(=O)N[C@@H]1C(=O)N[C@H](CCN)C(=O)N[C@@H](CC(=O)O)C(=O)NCC(=O)N[C@H](CC(N)=O)C(=O)N[C@H](CC(=O)O)C(=O)NCC(=O)N[C@@H](Cc2c[nH]c3ccccc23)C(=O)N[C@@H]([C@@H](C)CC)C(=O)N[C@@H](CCN)C(=O)N[C@@H](Cc2ccccc2)C(=O)O[C@@H]1C. The minimum Gasteiger partial charge on any atom is -0.481 e. The number of primary amides is 1. The van der Waals surface area contributed by atoms with Crippen LogP contribution in [0.5, 0.6) is 0 Å². The van der Waals surface area contributed by atoms with E-state index in [0.717, 1.165) is 12.8 Å². The second-order valence-electron chi connectivity index (χ2n) is 23.6. The third-order valence-electron chi connectivity index (χ3n) is 15.9. The number of aromatic amines is 1. The quantitative estimate of drug-likeness (QED) is 0.0326. The summed E-state index contributed by atoms with van der Waals surface area (Å²) in [6, 6.07) is -0.310. The molecule has 33 heteroatoms. The van der Waals surface area contributed by atoms with E-state index in [1.807, 2.05) is 13.8 Å². The summed E-state index contributed by atoms with van der Waals surface area (Å²) in [6.45, 7) is 6.07. The Morgan fingerprint density at radius 2 is 1.07 bits per heavy atom. The molecule has 33 nitrogen and oxygen atoms in total. The Morgan fingerprint density at radius 3 is 1.61 bits per heavy atom. The summed E-state index contributed by atoms with van der Waals surface area (Å²) in [4.78, 5) is 208. The number of nitrogens with two attached hydrogens (primary N) is 3. The average molecular weight is 1350 g/mol. The van der Waals surface area contributed by atoms with Crippen LogP contribution in [0.2, 0.25) is 0 Å². The number of carbonyl (C=O) groups excluding carboxylic acids is 13. The lowest BCUT2D eigenvalue weighted by Crippen LogP contribution is -2.61. The van der Waals surface area contributed by atoms with Gasteiger partial charge in [-0.2, -0.15) is 0 Å². The number of benzene rings is 2. The van der Waals surface area contributed by atoms with Crippen molar-refractivity contribution in [2.24, 2.45) is 29.0 Å². The lowest BCUT2D eigenvalue weighted by atomic mass is 9.96. The third kappa shape index (κ3) is 26.0. The minimum atomic E-state index is -2.03. The molecule has 0 aliphatic carbocycles. The molecule has 0 radical (unpaired) electrons. The summed E-state index contributed by atoms with van der Waals surface area (Å²) in [6.07, 6.45) is -1.55. The van der Waals surface area contributed by atoms with Crippen molar-refractivity contribution in [3.05, 3.63) is 71.9 Å². The van der Waals surface area contributed by atoms with Crippen LogP contribution in [0, 0.1) is 11.8 Å². The number of rotatable bonds is 23. The number of esters is 1. The van der Waals surface area contributed by atoms with Gasteiger partial charge in [-0.05, 0) is 68.3 Å². The molecule has 12 atom stereocenters. The summed E-state index contributed by atoms with van der Waals surface area (Å²) in [7, 11) is 0. The van der Waals surface area contributed by atoms with Crippen LogP contribution in [0.4, 0.5) is 0 Å². The number of aliphatic carboxylic acids is 2. The second-order valence-corrected chi connectivity index (χ2v) is 23.6. The van der Waals surface area contributed by atoms with Crippen molar-refractivity contribution in [1.29, 1.82) is 0 Å². The summed E-state index contributed by atoms with van der Waals surface area (Å²) < 4.78 is 5.91. The molecule has 12 amide bonds. The van der Waals surface area contributed by atoms with E-state index in [9.17, 15) is 82.1 Å². The largest absolute Gasteiger partial charge is 0.481 e. The van der Waals surface area contributed by atoms with E-state index < -0.39 is 188 Å². The first kappa shape index (κ1) is 78.4. The molecule has 1 unspecified atom stereocenters. The maximum absolute atomic E-state index is 14.6. The molecule has 3 aromatic rings. The number of cyclic esters (lactones) is 1. The molecule has 1 aromatic heterocycles. The van der Waals surface area contributed by atoms with E-state index in [0.29, 0.717) is 40.8 Å². The van der Waals surface area contributed by atoms with E-state index in [1.54, 1.807) is 74.6 Å². The number of aromatic nitrogens is 1. The van der Waals surface area contributed by atoms with Gasteiger partial charge in [-0.1, -0.05) is 102 Å². The van der Waals surface area contributed by atoms with Gasteiger partial charge < -0.3 is 95.6 Å². The predicted molar refractivity (Wildman–Crippen MR) is 344 cm³/mol. The zero-order valence-electron chi connectivity index (χ0n) is 54.4. The van der Waals surface area contributed by atoms with Crippen molar-refractivity contribution in [1.82, 2.24) is 63.5 Å². The highest BCUT2D eigenvalue weighted by Crippen LogP contribution is 2.21. The van der Waals surface area contributed by atoms with Crippen LogP contribution in [0.25, 0.3) is 10.9 Å². The van der Waals surface area contributed by atoms with Crippen LogP contribution in [0.15, 0.2) is 60.8 Å². The topological polar surface area (TPSA) is 532 Å². The fourth-order valence-corrected chi connectivity index (χ4v) is 10.1. The zero-order chi connectivity index (χ0) is 71.2. The number of carboxylic acid groups (broad SMARTS) is 2. The molecule has 1 aliphatic rings. The zero-order valence-corrected chi connectivity index (χ0v) is 54.4. The number of carboxylic acids is 2. The van der Waals surface area contributed by atoms with Crippen LogP contribution in [0.1, 0.15) is 116 Å². The number of amides is 12. The van der Waals surface area contributed by atoms with Crippen LogP contribution in [-0.4, -0.2) is 191 Å². The van der Waals surface area contributed by atoms with Gasteiger partial charge in [0.1, 0.15) is 60.5 Å². The van der Waals surface area contributed by atoms with E-state index >= 15 is 0 Å². The Morgan fingerprint density at radius 1 is 0.573 bits per heavy atom. The number of unbranched alkanes of at least 4 members (excludes halogenated alkanes) is 1. The Labute approximate surface area is 553 Å². The molecule has 2 aromatic carbocycles. The van der Waals surface area contributed by atoms with Crippen molar-refractivity contribution in [2.45, 2.75) is 179 Å². The molecule has 4 rings (SSSR count). The van der Waals surface area contributed by atoms with Gasteiger partial charge in [0.05, 0.1) is 32.4 Å². The van der Waals surface area contributed by atoms with Gasteiger partial charge in [-0.3, -0.25) is 67.1 Å². The lowest BCUT2D eigenvalue weighted by Gasteiger charge is -2.30. The highest BCUT2D eigenvalue weighted by molar-refractivity contribution is 6.00. The van der Waals surface area contributed by atoms with Crippen LogP contribution in [-0.2, 0) is 89.5 Å². The molecule has 0 bridgehead atoms. The highest BCUT2D eigenvalue weighted by Gasteiger charge is 2.39. The van der Waals surface area contributed by atoms with Crippen molar-refractivity contribution >= 4 is 99.7 Å². The molecule has 20 N–H and O–H groups in total. The molecular formula is C63H91N15O18. The number of carbonyl (C=O) groups is 15. The number of nitrogens with one attached hydrogen (secondary N) is 12. The second kappa shape index (κ2) is 39.6. The normalized spacial score (nSPS) is 23.8.